The molecule has 1 saturated heterocycles. The first-order chi connectivity index (χ1) is 8.75. The Morgan fingerprint density at radius 1 is 1.21 bits per heavy atom. The third-order valence-electron chi connectivity index (χ3n) is 5.55. The van der Waals surface area contributed by atoms with E-state index in [0.717, 1.165) is 12.3 Å². The zero-order valence-electron chi connectivity index (χ0n) is 13.5. The van der Waals surface area contributed by atoms with Gasteiger partial charge < -0.3 is 10.5 Å². The molecule has 4 unspecified atom stereocenters. The van der Waals surface area contributed by atoms with E-state index < -0.39 is 0 Å². The fourth-order valence-corrected chi connectivity index (χ4v) is 4.59. The van der Waals surface area contributed by atoms with Crippen LogP contribution in [0.15, 0.2) is 0 Å². The standard InChI is InChI=1S/C17H33NO/c1-6-12-8-7-9-13(10-12)15(18)14-11-16(2,3)19-17(14,4)5/h12-15H,6-11,18H2,1-5H3. The van der Waals surface area contributed by atoms with Crippen LogP contribution in [-0.2, 0) is 4.74 Å². The van der Waals surface area contributed by atoms with Gasteiger partial charge in [-0.05, 0) is 58.8 Å². The predicted octanol–water partition coefficient (Wildman–Crippen LogP) is 4.12. The molecule has 2 heteroatoms. The van der Waals surface area contributed by atoms with Crippen molar-refractivity contribution in [2.24, 2.45) is 23.5 Å². The van der Waals surface area contributed by atoms with Gasteiger partial charge in [-0.2, -0.15) is 0 Å². The predicted molar refractivity (Wildman–Crippen MR) is 81.1 cm³/mol. The second-order valence-corrected chi connectivity index (χ2v) is 8.05. The lowest BCUT2D eigenvalue weighted by molar-refractivity contribution is -0.0789. The number of nitrogens with two attached hydrogens (primary N) is 1. The first kappa shape index (κ1) is 15.3. The van der Waals surface area contributed by atoms with E-state index in [1.807, 2.05) is 0 Å². The lowest BCUT2D eigenvalue weighted by Gasteiger charge is -2.39. The molecule has 2 fully saturated rings. The molecule has 2 aliphatic rings. The largest absolute Gasteiger partial charge is 0.369 e. The molecule has 2 N–H and O–H groups in total. The molecule has 0 aromatic rings. The van der Waals surface area contributed by atoms with E-state index in [-0.39, 0.29) is 11.2 Å². The molecular weight excluding hydrogens is 234 g/mol. The van der Waals surface area contributed by atoms with Gasteiger partial charge in [-0.25, -0.2) is 0 Å². The molecule has 1 saturated carbocycles. The second-order valence-electron chi connectivity index (χ2n) is 8.05. The average molecular weight is 267 g/mol. The van der Waals surface area contributed by atoms with E-state index in [0.29, 0.717) is 17.9 Å². The van der Waals surface area contributed by atoms with Gasteiger partial charge in [0.1, 0.15) is 0 Å². The lowest BCUT2D eigenvalue weighted by Crippen LogP contribution is -2.46. The fourth-order valence-electron chi connectivity index (χ4n) is 4.59. The van der Waals surface area contributed by atoms with Crippen LogP contribution in [0.1, 0.15) is 73.1 Å². The van der Waals surface area contributed by atoms with E-state index >= 15 is 0 Å². The van der Waals surface area contributed by atoms with Crippen molar-refractivity contribution in [3.8, 4) is 0 Å². The molecule has 4 atom stereocenters. The smallest absolute Gasteiger partial charge is 0.0677 e. The highest BCUT2D eigenvalue weighted by atomic mass is 16.5. The second kappa shape index (κ2) is 5.37. The van der Waals surface area contributed by atoms with Gasteiger partial charge in [0.25, 0.3) is 0 Å². The highest BCUT2D eigenvalue weighted by molar-refractivity contribution is 5.00. The van der Waals surface area contributed by atoms with Crippen molar-refractivity contribution in [3.05, 3.63) is 0 Å². The molecule has 0 aromatic heterocycles. The van der Waals surface area contributed by atoms with Crippen molar-refractivity contribution in [1.29, 1.82) is 0 Å². The Hall–Kier alpha value is -0.0800. The van der Waals surface area contributed by atoms with Gasteiger partial charge in [0.2, 0.25) is 0 Å². The Morgan fingerprint density at radius 3 is 2.42 bits per heavy atom. The number of rotatable bonds is 3. The third-order valence-corrected chi connectivity index (χ3v) is 5.55. The van der Waals surface area contributed by atoms with Crippen LogP contribution in [0.25, 0.3) is 0 Å². The van der Waals surface area contributed by atoms with Gasteiger partial charge in [-0.3, -0.25) is 0 Å². The Bertz CT molecular complexity index is 310. The van der Waals surface area contributed by atoms with Crippen molar-refractivity contribution < 1.29 is 4.74 Å². The zero-order valence-corrected chi connectivity index (χ0v) is 13.5. The summed E-state index contributed by atoms with van der Waals surface area (Å²) in [4.78, 5) is 0. The van der Waals surface area contributed by atoms with E-state index in [2.05, 4.69) is 34.6 Å². The molecule has 2 rings (SSSR count). The lowest BCUT2D eigenvalue weighted by atomic mass is 9.70. The van der Waals surface area contributed by atoms with Crippen molar-refractivity contribution in [3.63, 3.8) is 0 Å². The summed E-state index contributed by atoms with van der Waals surface area (Å²) in [6, 6.07) is 0.311. The Balaban J connectivity index is 2.04. The highest BCUT2D eigenvalue weighted by Gasteiger charge is 2.49. The SMILES string of the molecule is CCC1CCCC(C(N)C2CC(C)(C)OC2(C)C)C1. The Morgan fingerprint density at radius 2 is 1.89 bits per heavy atom. The maximum absolute atomic E-state index is 6.69. The zero-order chi connectivity index (χ0) is 14.3. The van der Waals surface area contributed by atoms with Crippen molar-refractivity contribution in [2.75, 3.05) is 0 Å². The molecule has 0 radical (unpaired) electrons. The van der Waals surface area contributed by atoms with Crippen LogP contribution in [0, 0.1) is 17.8 Å². The number of hydrogen-bond acceptors (Lipinski definition) is 2. The highest BCUT2D eigenvalue weighted by Crippen LogP contribution is 2.46. The van der Waals surface area contributed by atoms with Crippen LogP contribution in [0.4, 0.5) is 0 Å². The molecule has 1 aliphatic carbocycles. The van der Waals surface area contributed by atoms with Crippen LogP contribution in [-0.4, -0.2) is 17.2 Å². The fraction of sp³-hybridized carbons (Fsp3) is 1.00. The minimum Gasteiger partial charge on any atom is -0.369 e. The first-order valence-corrected chi connectivity index (χ1v) is 8.21. The summed E-state index contributed by atoms with van der Waals surface area (Å²) >= 11 is 0. The molecule has 1 heterocycles. The van der Waals surface area contributed by atoms with Gasteiger partial charge in [0, 0.05) is 12.0 Å². The van der Waals surface area contributed by atoms with Crippen LogP contribution in [0.5, 0.6) is 0 Å². The topological polar surface area (TPSA) is 35.2 Å². The minimum atomic E-state index is -0.0674. The maximum Gasteiger partial charge on any atom is 0.0677 e. The van der Waals surface area contributed by atoms with Crippen molar-refractivity contribution in [1.82, 2.24) is 0 Å². The molecule has 1 aliphatic heterocycles. The molecular formula is C17H33NO. The molecule has 0 amide bonds. The quantitative estimate of drug-likeness (QED) is 0.834. The summed E-state index contributed by atoms with van der Waals surface area (Å²) in [5.41, 5.74) is 6.61. The van der Waals surface area contributed by atoms with E-state index in [1.54, 1.807) is 0 Å². The molecule has 0 bridgehead atoms. The molecule has 2 nitrogen and oxygen atoms in total. The third kappa shape index (κ3) is 3.33. The van der Waals surface area contributed by atoms with Crippen LogP contribution in [0.3, 0.4) is 0 Å². The van der Waals surface area contributed by atoms with Gasteiger partial charge in [-0.1, -0.05) is 26.2 Å². The van der Waals surface area contributed by atoms with E-state index in [9.17, 15) is 0 Å². The normalized spacial score (nSPS) is 39.2. The van der Waals surface area contributed by atoms with Gasteiger partial charge in [-0.15, -0.1) is 0 Å². The summed E-state index contributed by atoms with van der Waals surface area (Å²) < 4.78 is 6.23. The molecule has 0 aromatic carbocycles. The van der Waals surface area contributed by atoms with Crippen LogP contribution < -0.4 is 5.73 Å². The minimum absolute atomic E-state index is 0.00931. The number of ether oxygens (including phenoxy) is 1. The Labute approximate surface area is 119 Å². The summed E-state index contributed by atoms with van der Waals surface area (Å²) in [6.07, 6.45) is 7.87. The molecule has 0 spiro atoms. The number of hydrogen-bond donors (Lipinski definition) is 1. The van der Waals surface area contributed by atoms with E-state index in [1.165, 1.54) is 32.1 Å². The van der Waals surface area contributed by atoms with Gasteiger partial charge >= 0.3 is 0 Å². The summed E-state index contributed by atoms with van der Waals surface area (Å²) in [6.45, 7) is 11.2. The molecule has 112 valence electrons. The van der Waals surface area contributed by atoms with Gasteiger partial charge in [0.15, 0.2) is 0 Å². The average Bonchev–Trinajstić information content (AvgIpc) is 2.56. The summed E-state index contributed by atoms with van der Waals surface area (Å²) in [7, 11) is 0. The van der Waals surface area contributed by atoms with Crippen LogP contribution >= 0.6 is 0 Å². The summed E-state index contributed by atoms with van der Waals surface area (Å²) in [5.74, 6) is 2.12. The summed E-state index contributed by atoms with van der Waals surface area (Å²) in [5, 5.41) is 0. The van der Waals surface area contributed by atoms with Crippen molar-refractivity contribution >= 4 is 0 Å². The Kier molecular flexibility index (Phi) is 4.32. The monoisotopic (exact) mass is 267 g/mol. The molecule has 19 heavy (non-hydrogen) atoms. The van der Waals surface area contributed by atoms with Crippen molar-refractivity contribution in [2.45, 2.75) is 90.4 Å². The first-order valence-electron chi connectivity index (χ1n) is 8.21. The van der Waals surface area contributed by atoms with Crippen LogP contribution in [0.2, 0.25) is 0 Å². The van der Waals surface area contributed by atoms with Gasteiger partial charge in [0.05, 0.1) is 11.2 Å². The van der Waals surface area contributed by atoms with E-state index in [4.69, 9.17) is 10.5 Å². The maximum atomic E-state index is 6.69.